The van der Waals surface area contributed by atoms with Crippen LogP contribution in [0.3, 0.4) is 0 Å². The maximum Gasteiger partial charge on any atom is 0.433 e. The van der Waals surface area contributed by atoms with Crippen LogP contribution in [0.25, 0.3) is 16.6 Å². The number of rotatable bonds is 4. The summed E-state index contributed by atoms with van der Waals surface area (Å²) in [7, 11) is 0. The van der Waals surface area contributed by atoms with E-state index in [1.165, 1.54) is 6.07 Å². The molecule has 1 unspecified atom stereocenters. The van der Waals surface area contributed by atoms with Gasteiger partial charge in [0.1, 0.15) is 17.0 Å². The van der Waals surface area contributed by atoms with E-state index in [1.54, 1.807) is 35.1 Å². The summed E-state index contributed by atoms with van der Waals surface area (Å²) in [5, 5.41) is 0. The minimum absolute atomic E-state index is 0.156. The summed E-state index contributed by atoms with van der Waals surface area (Å²) in [5.41, 5.74) is 8.75. The first-order valence-corrected chi connectivity index (χ1v) is 11.2. The molecule has 1 fully saturated rings. The van der Waals surface area contributed by atoms with Crippen molar-refractivity contribution in [1.82, 2.24) is 24.3 Å². The van der Waals surface area contributed by atoms with Gasteiger partial charge in [0, 0.05) is 17.8 Å². The highest BCUT2D eigenvalue weighted by Gasteiger charge is 2.39. The van der Waals surface area contributed by atoms with Crippen molar-refractivity contribution >= 4 is 28.3 Å². The second-order valence-electron chi connectivity index (χ2n) is 9.03. The zero-order valence-electron chi connectivity index (χ0n) is 18.1. The molecule has 7 nitrogen and oxygen atoms in total. The lowest BCUT2D eigenvalue weighted by atomic mass is 10.1. The van der Waals surface area contributed by atoms with Gasteiger partial charge in [0.2, 0.25) is 0 Å². The minimum atomic E-state index is -4.49. The molecule has 0 bridgehead atoms. The van der Waals surface area contributed by atoms with Crippen molar-refractivity contribution in [3.8, 4) is 0 Å². The van der Waals surface area contributed by atoms with E-state index in [1.807, 2.05) is 4.90 Å². The van der Waals surface area contributed by atoms with Crippen LogP contribution in [0.5, 0.6) is 0 Å². The first-order valence-electron chi connectivity index (χ1n) is 11.2. The maximum absolute atomic E-state index is 13.8. The second kappa shape index (κ2) is 7.41. The van der Waals surface area contributed by atoms with Crippen molar-refractivity contribution in [2.75, 3.05) is 12.3 Å². The Morgan fingerprint density at radius 1 is 1.12 bits per heavy atom. The number of nitrogens with two attached hydrogens (primary N) is 1. The number of pyridine rings is 1. The van der Waals surface area contributed by atoms with Gasteiger partial charge in [-0.15, -0.1) is 0 Å². The number of aryl methyl sites for hydroxylation is 1. The number of imidazole rings is 1. The van der Waals surface area contributed by atoms with E-state index in [9.17, 15) is 18.0 Å². The predicted molar refractivity (Wildman–Crippen MR) is 119 cm³/mol. The normalized spacial score (nSPS) is 17.9. The third kappa shape index (κ3) is 3.44. The van der Waals surface area contributed by atoms with E-state index in [0.29, 0.717) is 64.5 Å². The summed E-state index contributed by atoms with van der Waals surface area (Å²) in [5.74, 6) is 0.613. The molecule has 0 spiro atoms. The largest absolute Gasteiger partial charge is 0.433 e. The number of nitrogens with zero attached hydrogens (tertiary/aromatic N) is 5. The molecule has 1 amide bonds. The van der Waals surface area contributed by atoms with Gasteiger partial charge in [-0.05, 0) is 61.4 Å². The van der Waals surface area contributed by atoms with Gasteiger partial charge in [-0.1, -0.05) is 6.07 Å². The fourth-order valence-corrected chi connectivity index (χ4v) is 4.83. The molecule has 34 heavy (non-hydrogen) atoms. The molecular formula is C24H21F3N6O. The van der Waals surface area contributed by atoms with Gasteiger partial charge >= 0.3 is 6.18 Å². The van der Waals surface area contributed by atoms with Crippen LogP contribution < -0.4 is 5.73 Å². The predicted octanol–water partition coefficient (Wildman–Crippen LogP) is 4.42. The third-order valence-corrected chi connectivity index (χ3v) is 6.73. The lowest BCUT2D eigenvalue weighted by molar-refractivity contribution is -0.141. The van der Waals surface area contributed by atoms with E-state index < -0.39 is 11.9 Å². The third-order valence-electron chi connectivity index (χ3n) is 6.73. The highest BCUT2D eigenvalue weighted by molar-refractivity contribution is 5.98. The Labute approximate surface area is 192 Å². The van der Waals surface area contributed by atoms with E-state index in [4.69, 9.17) is 5.73 Å². The number of fused-ring (bicyclic) bond motifs is 4. The Balaban J connectivity index is 1.39. The summed E-state index contributed by atoms with van der Waals surface area (Å²) in [6.45, 7) is 0.572. The van der Waals surface area contributed by atoms with Crippen molar-refractivity contribution in [3.63, 3.8) is 0 Å². The molecule has 3 aromatic heterocycles. The molecule has 0 radical (unpaired) electrons. The van der Waals surface area contributed by atoms with Gasteiger partial charge in [-0.2, -0.15) is 13.2 Å². The Bertz CT molecular complexity index is 1440. The number of halogens is 3. The van der Waals surface area contributed by atoms with Crippen LogP contribution >= 0.6 is 0 Å². The van der Waals surface area contributed by atoms with Crippen LogP contribution in [0, 0.1) is 5.92 Å². The number of hydrogen-bond donors (Lipinski definition) is 1. The SMILES string of the molecule is Nc1nc2ccc(C(=O)N(CC3CC3)C3CCc4nc(C(F)(F)F)ccc43)cc2n2cncc12. The Morgan fingerprint density at radius 2 is 1.94 bits per heavy atom. The van der Waals surface area contributed by atoms with Crippen molar-refractivity contribution < 1.29 is 18.0 Å². The molecule has 2 aliphatic rings. The number of nitrogen functional groups attached to an aromatic ring is 1. The first kappa shape index (κ1) is 20.9. The van der Waals surface area contributed by atoms with E-state index >= 15 is 0 Å². The molecule has 1 saturated carbocycles. The summed E-state index contributed by atoms with van der Waals surface area (Å²) in [6, 6.07) is 7.45. The average molecular weight is 466 g/mol. The first-order chi connectivity index (χ1) is 16.3. The van der Waals surface area contributed by atoms with Gasteiger partial charge in [-0.25, -0.2) is 15.0 Å². The number of hydrogen-bond acceptors (Lipinski definition) is 5. The van der Waals surface area contributed by atoms with E-state index in [2.05, 4.69) is 15.0 Å². The smallest absolute Gasteiger partial charge is 0.382 e. The molecule has 0 saturated heterocycles. The molecule has 2 N–H and O–H groups in total. The maximum atomic E-state index is 13.8. The quantitative estimate of drug-likeness (QED) is 0.481. The second-order valence-corrected chi connectivity index (χ2v) is 9.03. The molecule has 6 rings (SSSR count). The van der Waals surface area contributed by atoms with Gasteiger partial charge in [-0.3, -0.25) is 9.20 Å². The summed E-state index contributed by atoms with van der Waals surface area (Å²) < 4.78 is 41.2. The fourth-order valence-electron chi connectivity index (χ4n) is 4.83. The number of amides is 1. The summed E-state index contributed by atoms with van der Waals surface area (Å²) in [4.78, 5) is 28.0. The van der Waals surface area contributed by atoms with Crippen LogP contribution in [-0.4, -0.2) is 36.7 Å². The van der Waals surface area contributed by atoms with Crippen molar-refractivity contribution in [3.05, 3.63) is 65.4 Å². The van der Waals surface area contributed by atoms with Crippen LogP contribution in [-0.2, 0) is 12.6 Å². The molecule has 0 aliphatic heterocycles. The number of alkyl halides is 3. The van der Waals surface area contributed by atoms with Crippen molar-refractivity contribution in [2.45, 2.75) is 37.9 Å². The molecule has 1 atom stereocenters. The van der Waals surface area contributed by atoms with Gasteiger partial charge in [0.25, 0.3) is 5.91 Å². The topological polar surface area (TPSA) is 89.4 Å². The van der Waals surface area contributed by atoms with Gasteiger partial charge in [0.15, 0.2) is 0 Å². The summed E-state index contributed by atoms with van der Waals surface area (Å²) >= 11 is 0. The standard InChI is InChI=1S/C24H21F3N6O/c25-24(26,27)21-8-4-15-16(30-21)6-7-18(15)32(11-13-1-2-13)23(34)14-3-5-17-19(9-14)33-12-29-10-20(33)22(28)31-17/h3-5,8-10,12-13,18H,1-2,6-7,11H2,(H2,28,31). The molecule has 3 heterocycles. The van der Waals surface area contributed by atoms with E-state index in [0.717, 1.165) is 18.9 Å². The number of anilines is 1. The molecule has 1 aromatic carbocycles. The Hall–Kier alpha value is -3.69. The van der Waals surface area contributed by atoms with Crippen LogP contribution in [0.4, 0.5) is 19.0 Å². The number of carbonyl (C=O) groups excluding carboxylic acids is 1. The monoisotopic (exact) mass is 466 g/mol. The molecule has 2 aliphatic carbocycles. The lowest BCUT2D eigenvalue weighted by Gasteiger charge is -2.30. The number of benzene rings is 1. The molecular weight excluding hydrogens is 445 g/mol. The fraction of sp³-hybridized carbons (Fsp3) is 0.333. The minimum Gasteiger partial charge on any atom is -0.382 e. The lowest BCUT2D eigenvalue weighted by Crippen LogP contribution is -2.36. The van der Waals surface area contributed by atoms with Crippen LogP contribution in [0.1, 0.15) is 52.6 Å². The highest BCUT2D eigenvalue weighted by atomic mass is 19.4. The van der Waals surface area contributed by atoms with Gasteiger partial charge in [0.05, 0.1) is 29.6 Å². The van der Waals surface area contributed by atoms with Crippen molar-refractivity contribution in [2.24, 2.45) is 5.92 Å². The number of aromatic nitrogens is 4. The number of carbonyl (C=O) groups is 1. The van der Waals surface area contributed by atoms with Crippen molar-refractivity contribution in [1.29, 1.82) is 0 Å². The molecule has 4 aromatic rings. The average Bonchev–Trinajstić information content (AvgIpc) is 3.31. The Kier molecular flexibility index (Phi) is 4.55. The Morgan fingerprint density at radius 3 is 2.71 bits per heavy atom. The van der Waals surface area contributed by atoms with Crippen LogP contribution in [0.15, 0.2) is 42.9 Å². The molecule has 10 heteroatoms. The molecule has 174 valence electrons. The zero-order chi connectivity index (χ0) is 23.6. The van der Waals surface area contributed by atoms with Crippen LogP contribution in [0.2, 0.25) is 0 Å². The highest BCUT2D eigenvalue weighted by Crippen LogP contribution is 2.41. The van der Waals surface area contributed by atoms with Gasteiger partial charge < -0.3 is 10.6 Å². The zero-order valence-corrected chi connectivity index (χ0v) is 18.1. The summed E-state index contributed by atoms with van der Waals surface area (Å²) in [6.07, 6.45) is 1.82. The van der Waals surface area contributed by atoms with E-state index in [-0.39, 0.29) is 11.9 Å².